The second kappa shape index (κ2) is 9.33. The Labute approximate surface area is 166 Å². The maximum atomic E-state index is 12.0. The van der Waals surface area contributed by atoms with Crippen molar-refractivity contribution in [2.24, 2.45) is 0 Å². The first-order valence-corrected chi connectivity index (χ1v) is 9.59. The summed E-state index contributed by atoms with van der Waals surface area (Å²) in [4.78, 5) is 24.8. The highest BCUT2D eigenvalue weighted by Gasteiger charge is 2.18. The van der Waals surface area contributed by atoms with Gasteiger partial charge in [-0.3, -0.25) is 4.57 Å². The van der Waals surface area contributed by atoms with E-state index in [9.17, 15) is 4.79 Å². The molecule has 3 aromatic rings. The van der Waals surface area contributed by atoms with Gasteiger partial charge in [0.2, 0.25) is 11.9 Å². The monoisotopic (exact) mass is 402 g/mol. The predicted molar refractivity (Wildman–Crippen MR) is 108 cm³/mol. The number of thioether (sulfide) groups is 1. The summed E-state index contributed by atoms with van der Waals surface area (Å²) in [6.07, 6.45) is 0.710. The minimum Gasteiger partial charge on any atom is -0.385 e. The summed E-state index contributed by atoms with van der Waals surface area (Å²) in [5, 5.41) is 10.1. The zero-order valence-electron chi connectivity index (χ0n) is 15.6. The van der Waals surface area contributed by atoms with E-state index < -0.39 is 0 Å². The van der Waals surface area contributed by atoms with Crippen LogP contribution in [-0.4, -0.2) is 43.4 Å². The third-order valence-electron chi connectivity index (χ3n) is 3.80. The van der Waals surface area contributed by atoms with Crippen molar-refractivity contribution < 1.29 is 4.74 Å². The Morgan fingerprint density at radius 1 is 1.29 bits per heavy atom. The molecule has 0 aliphatic rings. The SMILES string of the molecule is COCCCn1c(SC(C)c2nc(N)nc(Nc3ccccc3)n2)n[nH]c1=O. The number of ether oxygens (including phenoxy) is 1. The van der Waals surface area contributed by atoms with Gasteiger partial charge in [-0.1, -0.05) is 30.0 Å². The number of methoxy groups -OCH3 is 1. The Hall–Kier alpha value is -2.92. The molecule has 0 saturated heterocycles. The molecular formula is C17H22N8O2S. The van der Waals surface area contributed by atoms with E-state index in [1.807, 2.05) is 37.3 Å². The molecule has 0 aliphatic heterocycles. The van der Waals surface area contributed by atoms with E-state index >= 15 is 0 Å². The summed E-state index contributed by atoms with van der Waals surface area (Å²) in [6, 6.07) is 9.55. The summed E-state index contributed by atoms with van der Waals surface area (Å²) >= 11 is 1.37. The molecule has 0 radical (unpaired) electrons. The van der Waals surface area contributed by atoms with Crippen LogP contribution in [0, 0.1) is 0 Å². The summed E-state index contributed by atoms with van der Waals surface area (Å²) in [5.74, 6) is 0.978. The normalized spacial score (nSPS) is 12.1. The second-order valence-corrected chi connectivity index (χ2v) is 7.24. The maximum Gasteiger partial charge on any atom is 0.343 e. The van der Waals surface area contributed by atoms with Gasteiger partial charge in [0.05, 0.1) is 5.25 Å². The first kappa shape index (κ1) is 19.8. The lowest BCUT2D eigenvalue weighted by molar-refractivity contribution is 0.189. The molecule has 11 heteroatoms. The average Bonchev–Trinajstić information content (AvgIpc) is 3.02. The van der Waals surface area contributed by atoms with Crippen LogP contribution in [0.15, 0.2) is 40.3 Å². The van der Waals surface area contributed by atoms with Gasteiger partial charge in [-0.2, -0.15) is 15.0 Å². The third kappa shape index (κ3) is 5.08. The number of nitrogens with zero attached hydrogens (tertiary/aromatic N) is 5. The first-order chi connectivity index (χ1) is 13.6. The first-order valence-electron chi connectivity index (χ1n) is 8.71. The van der Waals surface area contributed by atoms with Crippen molar-refractivity contribution in [3.05, 3.63) is 46.6 Å². The van der Waals surface area contributed by atoms with Gasteiger partial charge in [0.1, 0.15) is 5.82 Å². The number of nitrogens with one attached hydrogen (secondary N) is 2. The van der Waals surface area contributed by atoms with E-state index in [1.165, 1.54) is 11.8 Å². The molecule has 0 saturated carbocycles. The molecule has 0 bridgehead atoms. The summed E-state index contributed by atoms with van der Waals surface area (Å²) in [6.45, 7) is 3.00. The standard InChI is InChI=1S/C17H22N8O2S/c1-11(28-17-24-23-16(26)25(17)9-6-10-27-2)13-20-14(18)22-15(21-13)19-12-7-4-3-5-8-12/h3-5,7-8,11H,6,9-10H2,1-2H3,(H,23,26)(H3,18,19,20,21,22). The number of hydrogen-bond acceptors (Lipinski definition) is 9. The average molecular weight is 402 g/mol. The van der Waals surface area contributed by atoms with Crippen LogP contribution < -0.4 is 16.7 Å². The smallest absolute Gasteiger partial charge is 0.343 e. The second-order valence-electron chi connectivity index (χ2n) is 5.94. The van der Waals surface area contributed by atoms with E-state index in [4.69, 9.17) is 10.5 Å². The quantitative estimate of drug-likeness (QED) is 0.362. The topological polar surface area (TPSA) is 137 Å². The summed E-state index contributed by atoms with van der Waals surface area (Å²) < 4.78 is 6.62. The lowest BCUT2D eigenvalue weighted by Gasteiger charge is -2.12. The number of nitrogen functional groups attached to an aromatic ring is 1. The highest BCUT2D eigenvalue weighted by molar-refractivity contribution is 7.99. The van der Waals surface area contributed by atoms with E-state index in [0.29, 0.717) is 36.5 Å². The van der Waals surface area contributed by atoms with Gasteiger partial charge < -0.3 is 15.8 Å². The molecule has 10 nitrogen and oxygen atoms in total. The van der Waals surface area contributed by atoms with E-state index in [2.05, 4.69) is 30.5 Å². The number of para-hydroxylation sites is 1. The lowest BCUT2D eigenvalue weighted by Crippen LogP contribution is -2.18. The summed E-state index contributed by atoms with van der Waals surface area (Å²) in [7, 11) is 1.63. The number of anilines is 3. The number of H-pyrrole nitrogens is 1. The molecule has 2 heterocycles. The van der Waals surface area contributed by atoms with Gasteiger partial charge in [0, 0.05) is 25.9 Å². The zero-order valence-corrected chi connectivity index (χ0v) is 16.4. The van der Waals surface area contributed by atoms with Crippen molar-refractivity contribution in [2.75, 3.05) is 24.8 Å². The molecule has 1 aromatic carbocycles. The highest BCUT2D eigenvalue weighted by atomic mass is 32.2. The lowest BCUT2D eigenvalue weighted by atomic mass is 10.3. The van der Waals surface area contributed by atoms with Gasteiger partial charge in [-0.25, -0.2) is 9.89 Å². The van der Waals surface area contributed by atoms with Crippen LogP contribution in [0.4, 0.5) is 17.6 Å². The Bertz CT molecular complexity index is 959. The molecule has 2 aromatic heterocycles. The molecule has 0 spiro atoms. The molecule has 28 heavy (non-hydrogen) atoms. The maximum absolute atomic E-state index is 12.0. The van der Waals surface area contributed by atoms with Gasteiger partial charge in [-0.05, 0) is 25.5 Å². The van der Waals surface area contributed by atoms with Crippen LogP contribution in [0.5, 0.6) is 0 Å². The molecule has 4 N–H and O–H groups in total. The van der Waals surface area contributed by atoms with Crippen molar-refractivity contribution in [3.63, 3.8) is 0 Å². The van der Waals surface area contributed by atoms with Gasteiger partial charge in [0.15, 0.2) is 5.16 Å². The van der Waals surface area contributed by atoms with Crippen LogP contribution in [0.3, 0.4) is 0 Å². The van der Waals surface area contributed by atoms with Gasteiger partial charge in [-0.15, -0.1) is 5.10 Å². The van der Waals surface area contributed by atoms with Gasteiger partial charge >= 0.3 is 5.69 Å². The Morgan fingerprint density at radius 2 is 2.07 bits per heavy atom. The Morgan fingerprint density at radius 3 is 2.82 bits per heavy atom. The molecule has 148 valence electrons. The molecule has 3 rings (SSSR count). The van der Waals surface area contributed by atoms with E-state index in [0.717, 1.165) is 5.69 Å². The Kier molecular flexibility index (Phi) is 6.61. The number of nitrogens with two attached hydrogens (primary N) is 1. The number of benzene rings is 1. The van der Waals surface area contributed by atoms with Crippen molar-refractivity contribution >= 4 is 29.3 Å². The molecule has 0 aliphatic carbocycles. The minimum atomic E-state index is -0.257. The van der Waals surface area contributed by atoms with Crippen molar-refractivity contribution in [1.82, 2.24) is 29.7 Å². The molecule has 1 unspecified atom stereocenters. The van der Waals surface area contributed by atoms with E-state index in [1.54, 1.807) is 11.7 Å². The molecule has 0 fully saturated rings. The number of aromatic amines is 1. The van der Waals surface area contributed by atoms with E-state index in [-0.39, 0.29) is 16.9 Å². The van der Waals surface area contributed by atoms with Crippen molar-refractivity contribution in [2.45, 2.75) is 30.3 Å². The van der Waals surface area contributed by atoms with Crippen LogP contribution in [0.2, 0.25) is 0 Å². The van der Waals surface area contributed by atoms with Crippen molar-refractivity contribution in [3.8, 4) is 0 Å². The minimum absolute atomic E-state index is 0.121. The van der Waals surface area contributed by atoms with Crippen molar-refractivity contribution in [1.29, 1.82) is 0 Å². The fourth-order valence-corrected chi connectivity index (χ4v) is 3.39. The largest absolute Gasteiger partial charge is 0.385 e. The number of aromatic nitrogens is 6. The number of rotatable bonds is 9. The fourth-order valence-electron chi connectivity index (χ4n) is 2.47. The third-order valence-corrected chi connectivity index (χ3v) is 4.89. The van der Waals surface area contributed by atoms with Crippen LogP contribution >= 0.6 is 11.8 Å². The highest BCUT2D eigenvalue weighted by Crippen LogP contribution is 2.31. The molecule has 1 atom stereocenters. The number of hydrogen-bond donors (Lipinski definition) is 3. The van der Waals surface area contributed by atoms with Crippen LogP contribution in [0.1, 0.15) is 24.4 Å². The van der Waals surface area contributed by atoms with Crippen LogP contribution in [-0.2, 0) is 11.3 Å². The zero-order chi connectivity index (χ0) is 19.9. The predicted octanol–water partition coefficient (Wildman–Crippen LogP) is 1.97. The molecular weight excluding hydrogens is 380 g/mol. The summed E-state index contributed by atoms with van der Waals surface area (Å²) in [5.41, 5.74) is 6.45. The Balaban J connectivity index is 1.76. The molecule has 0 amide bonds. The van der Waals surface area contributed by atoms with Gasteiger partial charge in [0.25, 0.3) is 0 Å². The van der Waals surface area contributed by atoms with Crippen LogP contribution in [0.25, 0.3) is 0 Å². The fraction of sp³-hybridized carbons (Fsp3) is 0.353.